The Morgan fingerprint density at radius 2 is 2.27 bits per heavy atom. The average Bonchev–Trinajstić information content (AvgIpc) is 2.03. The molecule has 60 valence electrons. The van der Waals surface area contributed by atoms with Gasteiger partial charge in [-0.1, -0.05) is 28.9 Å². The van der Waals surface area contributed by atoms with Gasteiger partial charge in [-0.25, -0.2) is 0 Å². The van der Waals surface area contributed by atoms with Gasteiger partial charge in [-0.05, 0) is 24.0 Å². The molecule has 0 aromatic carbocycles. The molecule has 0 radical (unpaired) electrons. The lowest BCUT2D eigenvalue weighted by Gasteiger charge is -2.06. The minimum Gasteiger partial charge on any atom is -0.264 e. The molecule has 1 heterocycles. The summed E-state index contributed by atoms with van der Waals surface area (Å²) >= 11 is 3.45. The molecule has 0 saturated heterocycles. The first-order valence-electron chi connectivity index (χ1n) is 3.71. The van der Waals surface area contributed by atoms with Crippen LogP contribution in [0, 0.1) is 6.92 Å². The molecule has 0 aliphatic heterocycles. The fourth-order valence-electron chi connectivity index (χ4n) is 0.937. The molecule has 0 saturated carbocycles. The quantitative estimate of drug-likeness (QED) is 0.689. The van der Waals surface area contributed by atoms with E-state index in [9.17, 15) is 0 Å². The maximum absolute atomic E-state index is 4.13. The molecule has 11 heavy (non-hydrogen) atoms. The maximum atomic E-state index is 4.13. The summed E-state index contributed by atoms with van der Waals surface area (Å²) in [5, 5.41) is 0.998. The smallest absolute Gasteiger partial charge is 0.0303 e. The number of alkyl halides is 1. The lowest BCUT2D eigenvalue weighted by atomic mass is 10.0. The summed E-state index contributed by atoms with van der Waals surface area (Å²) in [5.41, 5.74) is 2.54. The zero-order chi connectivity index (χ0) is 8.27. The molecule has 1 rings (SSSR count). The Balaban J connectivity index is 2.86. The number of rotatable bonds is 2. The molecule has 1 unspecified atom stereocenters. The van der Waals surface area contributed by atoms with E-state index in [-0.39, 0.29) is 0 Å². The third kappa shape index (κ3) is 2.29. The van der Waals surface area contributed by atoms with E-state index < -0.39 is 0 Å². The Bertz CT molecular complexity index is 235. The van der Waals surface area contributed by atoms with Crippen LogP contribution in [-0.2, 0) is 0 Å². The van der Waals surface area contributed by atoms with E-state index in [2.05, 4.69) is 40.8 Å². The molecule has 0 aliphatic carbocycles. The number of aromatic nitrogens is 1. The van der Waals surface area contributed by atoms with E-state index in [0.29, 0.717) is 5.92 Å². The Labute approximate surface area is 76.0 Å². The molecule has 0 bridgehead atoms. The average molecular weight is 214 g/mol. The van der Waals surface area contributed by atoms with Gasteiger partial charge in [0, 0.05) is 17.7 Å². The van der Waals surface area contributed by atoms with Crippen LogP contribution >= 0.6 is 15.9 Å². The van der Waals surface area contributed by atoms with Crippen LogP contribution in [0.2, 0.25) is 0 Å². The second-order valence-electron chi connectivity index (χ2n) is 2.85. The van der Waals surface area contributed by atoms with Gasteiger partial charge < -0.3 is 0 Å². The molecule has 1 aromatic rings. The number of halogens is 1. The molecule has 1 aromatic heterocycles. The van der Waals surface area contributed by atoms with Crippen LogP contribution in [0.15, 0.2) is 18.5 Å². The predicted octanol–water partition coefficient (Wildman–Crippen LogP) is 2.89. The highest BCUT2D eigenvalue weighted by atomic mass is 79.9. The second-order valence-corrected chi connectivity index (χ2v) is 3.50. The van der Waals surface area contributed by atoms with Crippen LogP contribution in [0.3, 0.4) is 0 Å². The summed E-state index contributed by atoms with van der Waals surface area (Å²) in [5.74, 6) is 0.558. The van der Waals surface area contributed by atoms with Gasteiger partial charge in [0.15, 0.2) is 0 Å². The summed E-state index contributed by atoms with van der Waals surface area (Å²) in [6, 6.07) is 2.18. The van der Waals surface area contributed by atoms with Crippen molar-refractivity contribution < 1.29 is 0 Å². The number of nitrogens with zero attached hydrogens (tertiary/aromatic N) is 1. The minimum absolute atomic E-state index is 0.558. The molecule has 0 aliphatic rings. The standard InChI is InChI=1S/C9H12BrN/c1-7-3-9(6-11-5-7)8(2)4-10/h3,5-6,8H,4H2,1-2H3. The van der Waals surface area contributed by atoms with E-state index in [0.717, 1.165) is 5.33 Å². The van der Waals surface area contributed by atoms with Crippen molar-refractivity contribution in [1.82, 2.24) is 4.98 Å². The van der Waals surface area contributed by atoms with Crippen LogP contribution < -0.4 is 0 Å². The van der Waals surface area contributed by atoms with E-state index >= 15 is 0 Å². The normalized spacial score (nSPS) is 13.0. The van der Waals surface area contributed by atoms with E-state index in [1.165, 1.54) is 11.1 Å². The van der Waals surface area contributed by atoms with Crippen LogP contribution in [0.5, 0.6) is 0 Å². The maximum Gasteiger partial charge on any atom is 0.0303 e. The Morgan fingerprint density at radius 3 is 2.82 bits per heavy atom. The summed E-state index contributed by atoms with van der Waals surface area (Å²) in [4.78, 5) is 4.13. The Morgan fingerprint density at radius 1 is 1.55 bits per heavy atom. The van der Waals surface area contributed by atoms with E-state index in [1.807, 2.05) is 12.4 Å². The first-order valence-corrected chi connectivity index (χ1v) is 4.83. The van der Waals surface area contributed by atoms with E-state index in [4.69, 9.17) is 0 Å². The van der Waals surface area contributed by atoms with E-state index in [1.54, 1.807) is 0 Å². The van der Waals surface area contributed by atoms with Crippen LogP contribution in [-0.4, -0.2) is 10.3 Å². The monoisotopic (exact) mass is 213 g/mol. The molecule has 1 atom stereocenters. The molecular weight excluding hydrogens is 202 g/mol. The van der Waals surface area contributed by atoms with Crippen molar-refractivity contribution in [3.63, 3.8) is 0 Å². The number of hydrogen-bond acceptors (Lipinski definition) is 1. The van der Waals surface area contributed by atoms with Gasteiger partial charge in [-0.2, -0.15) is 0 Å². The molecular formula is C9H12BrN. The van der Waals surface area contributed by atoms with Gasteiger partial charge in [0.05, 0.1) is 0 Å². The highest BCUT2D eigenvalue weighted by Gasteiger charge is 2.02. The summed E-state index contributed by atoms with van der Waals surface area (Å²) in [7, 11) is 0. The largest absolute Gasteiger partial charge is 0.264 e. The predicted molar refractivity (Wildman–Crippen MR) is 51.2 cm³/mol. The highest BCUT2D eigenvalue weighted by Crippen LogP contribution is 2.16. The zero-order valence-electron chi connectivity index (χ0n) is 6.84. The summed E-state index contributed by atoms with van der Waals surface area (Å²) in [6.45, 7) is 4.25. The van der Waals surface area contributed by atoms with Crippen molar-refractivity contribution in [3.05, 3.63) is 29.6 Å². The summed E-state index contributed by atoms with van der Waals surface area (Å²) < 4.78 is 0. The van der Waals surface area contributed by atoms with Gasteiger partial charge in [-0.3, -0.25) is 4.98 Å². The van der Waals surface area contributed by atoms with Crippen LogP contribution in [0.25, 0.3) is 0 Å². The number of aryl methyl sites for hydroxylation is 1. The third-order valence-corrected chi connectivity index (χ3v) is 2.67. The molecule has 0 amide bonds. The molecule has 0 fully saturated rings. The topological polar surface area (TPSA) is 12.9 Å². The highest BCUT2D eigenvalue weighted by molar-refractivity contribution is 9.09. The summed E-state index contributed by atoms with van der Waals surface area (Å²) in [6.07, 6.45) is 3.81. The van der Waals surface area contributed by atoms with Crippen molar-refractivity contribution in [2.75, 3.05) is 5.33 Å². The molecule has 0 N–H and O–H groups in total. The van der Waals surface area contributed by atoms with Gasteiger partial charge in [-0.15, -0.1) is 0 Å². The number of pyridine rings is 1. The van der Waals surface area contributed by atoms with Crippen molar-refractivity contribution in [3.8, 4) is 0 Å². The van der Waals surface area contributed by atoms with Gasteiger partial charge >= 0.3 is 0 Å². The molecule has 0 spiro atoms. The van der Waals surface area contributed by atoms with Crippen LogP contribution in [0.4, 0.5) is 0 Å². The van der Waals surface area contributed by atoms with Crippen molar-refractivity contribution >= 4 is 15.9 Å². The minimum atomic E-state index is 0.558. The molecule has 1 nitrogen and oxygen atoms in total. The zero-order valence-corrected chi connectivity index (χ0v) is 8.43. The van der Waals surface area contributed by atoms with Crippen molar-refractivity contribution in [2.45, 2.75) is 19.8 Å². The van der Waals surface area contributed by atoms with Crippen LogP contribution in [0.1, 0.15) is 24.0 Å². The van der Waals surface area contributed by atoms with Gasteiger partial charge in [0.1, 0.15) is 0 Å². The first kappa shape index (κ1) is 8.72. The fraction of sp³-hybridized carbons (Fsp3) is 0.444. The van der Waals surface area contributed by atoms with Crippen molar-refractivity contribution in [1.29, 1.82) is 0 Å². The lowest BCUT2D eigenvalue weighted by molar-refractivity contribution is 0.875. The van der Waals surface area contributed by atoms with Crippen molar-refractivity contribution in [2.24, 2.45) is 0 Å². The van der Waals surface area contributed by atoms with Gasteiger partial charge in [0.25, 0.3) is 0 Å². The molecule has 2 heteroatoms. The first-order chi connectivity index (χ1) is 5.24. The Kier molecular flexibility index (Phi) is 3.06. The lowest BCUT2D eigenvalue weighted by Crippen LogP contribution is -1.95. The van der Waals surface area contributed by atoms with Gasteiger partial charge in [0.2, 0.25) is 0 Å². The number of hydrogen-bond donors (Lipinski definition) is 0. The Hall–Kier alpha value is -0.370. The SMILES string of the molecule is Cc1cncc(C(C)CBr)c1. The fourth-order valence-corrected chi connectivity index (χ4v) is 1.31. The third-order valence-electron chi connectivity index (χ3n) is 1.70. The second kappa shape index (κ2) is 3.86.